The molecular formula is C10H15FO2. The van der Waals surface area contributed by atoms with Crippen molar-refractivity contribution >= 4 is 0 Å². The number of halogens is 1. The van der Waals surface area contributed by atoms with Gasteiger partial charge in [0.15, 0.2) is 0 Å². The van der Waals surface area contributed by atoms with Crippen molar-refractivity contribution in [2.45, 2.75) is 6.92 Å². The van der Waals surface area contributed by atoms with Crippen LogP contribution in [-0.4, -0.2) is 20.3 Å². The summed E-state index contributed by atoms with van der Waals surface area (Å²) in [7, 11) is 1.58. The van der Waals surface area contributed by atoms with Crippen LogP contribution in [0.25, 0.3) is 0 Å². The predicted octanol–water partition coefficient (Wildman–Crippen LogP) is 2.59. The summed E-state index contributed by atoms with van der Waals surface area (Å²) in [5.41, 5.74) is 0. The molecule has 0 aliphatic carbocycles. The number of allylic oxidation sites excluding steroid dienone is 4. The van der Waals surface area contributed by atoms with Crippen LogP contribution >= 0.6 is 0 Å². The van der Waals surface area contributed by atoms with Crippen LogP contribution in [0.15, 0.2) is 36.4 Å². The van der Waals surface area contributed by atoms with E-state index in [4.69, 9.17) is 9.47 Å². The first-order valence-corrected chi connectivity index (χ1v) is 3.99. The molecule has 0 atom stereocenters. The maximum atomic E-state index is 12.5. The van der Waals surface area contributed by atoms with Crippen molar-refractivity contribution in [2.24, 2.45) is 0 Å². The molecule has 0 fully saturated rings. The van der Waals surface area contributed by atoms with Crippen molar-refractivity contribution in [2.75, 3.05) is 20.3 Å². The highest BCUT2D eigenvalue weighted by Crippen LogP contribution is 2.05. The molecule has 74 valence electrons. The van der Waals surface area contributed by atoms with E-state index >= 15 is 0 Å². The summed E-state index contributed by atoms with van der Waals surface area (Å²) in [6.45, 7) is 5.74. The van der Waals surface area contributed by atoms with E-state index in [9.17, 15) is 4.39 Å². The minimum absolute atomic E-state index is 0.300. The largest absolute Gasteiger partial charge is 0.491 e. The van der Waals surface area contributed by atoms with Gasteiger partial charge in [-0.15, -0.1) is 0 Å². The lowest BCUT2D eigenvalue weighted by Crippen LogP contribution is -2.00. The summed E-state index contributed by atoms with van der Waals surface area (Å²) in [4.78, 5) is 0. The van der Waals surface area contributed by atoms with Gasteiger partial charge in [-0.3, -0.25) is 0 Å². The Labute approximate surface area is 78.3 Å². The Morgan fingerprint density at radius 3 is 2.62 bits per heavy atom. The Kier molecular flexibility index (Phi) is 6.92. The van der Waals surface area contributed by atoms with Crippen molar-refractivity contribution < 1.29 is 13.9 Å². The Bertz CT molecular complexity index is 203. The molecule has 0 aromatic heterocycles. The second kappa shape index (κ2) is 7.55. The number of hydrogen-bond acceptors (Lipinski definition) is 2. The smallest absolute Gasteiger partial charge is 0.121 e. The zero-order valence-corrected chi connectivity index (χ0v) is 8.05. The Morgan fingerprint density at radius 2 is 2.15 bits per heavy atom. The van der Waals surface area contributed by atoms with Crippen molar-refractivity contribution in [1.82, 2.24) is 0 Å². The summed E-state index contributed by atoms with van der Waals surface area (Å²) in [6, 6.07) is 0. The first-order valence-electron chi connectivity index (χ1n) is 3.99. The topological polar surface area (TPSA) is 18.5 Å². The van der Waals surface area contributed by atoms with E-state index in [1.807, 2.05) is 0 Å². The second-order valence-electron chi connectivity index (χ2n) is 2.38. The highest BCUT2D eigenvalue weighted by molar-refractivity contribution is 5.18. The number of methoxy groups -OCH3 is 1. The third-order valence-electron chi connectivity index (χ3n) is 1.18. The van der Waals surface area contributed by atoms with Gasteiger partial charge in [0.2, 0.25) is 0 Å². The predicted molar refractivity (Wildman–Crippen MR) is 51.0 cm³/mol. The van der Waals surface area contributed by atoms with Gasteiger partial charge in [-0.05, 0) is 13.0 Å². The molecule has 3 heteroatoms. The normalized spacial score (nSPS) is 12.8. The molecule has 0 aliphatic rings. The highest BCUT2D eigenvalue weighted by Gasteiger charge is 1.93. The van der Waals surface area contributed by atoms with Gasteiger partial charge in [-0.25, -0.2) is 4.39 Å². The van der Waals surface area contributed by atoms with Crippen molar-refractivity contribution in [3.05, 3.63) is 36.4 Å². The minimum atomic E-state index is -0.300. The van der Waals surface area contributed by atoms with Gasteiger partial charge in [-0.1, -0.05) is 12.7 Å². The fraction of sp³-hybridized carbons (Fsp3) is 0.400. The van der Waals surface area contributed by atoms with Crippen LogP contribution in [0.2, 0.25) is 0 Å². The van der Waals surface area contributed by atoms with Crippen molar-refractivity contribution in [1.29, 1.82) is 0 Å². The first-order chi connectivity index (χ1) is 6.20. The lowest BCUT2D eigenvalue weighted by Gasteiger charge is -2.05. The van der Waals surface area contributed by atoms with Crippen molar-refractivity contribution in [3.63, 3.8) is 0 Å². The van der Waals surface area contributed by atoms with E-state index in [1.165, 1.54) is 13.0 Å². The fourth-order valence-electron chi connectivity index (χ4n) is 0.693. The fourth-order valence-corrected chi connectivity index (χ4v) is 0.693. The van der Waals surface area contributed by atoms with E-state index < -0.39 is 0 Å². The second-order valence-corrected chi connectivity index (χ2v) is 2.38. The Morgan fingerprint density at radius 1 is 1.46 bits per heavy atom. The van der Waals surface area contributed by atoms with Crippen LogP contribution < -0.4 is 0 Å². The standard InChI is InChI=1S/C10H15FO2/c1-4-5-10(8-9(2)11)13-7-6-12-3/h4-5,8H,1,6-7H2,2-3H3/b9-8+,10-5-. The molecule has 0 aromatic carbocycles. The summed E-state index contributed by atoms with van der Waals surface area (Å²) in [5, 5.41) is 0. The van der Waals surface area contributed by atoms with Crippen molar-refractivity contribution in [3.8, 4) is 0 Å². The van der Waals surface area contributed by atoms with Crippen LogP contribution in [0.1, 0.15) is 6.92 Å². The Balaban J connectivity index is 4.04. The van der Waals surface area contributed by atoms with Crippen LogP contribution in [0.3, 0.4) is 0 Å². The quantitative estimate of drug-likeness (QED) is 0.360. The van der Waals surface area contributed by atoms with Gasteiger partial charge < -0.3 is 9.47 Å². The molecule has 0 heterocycles. The van der Waals surface area contributed by atoms with E-state index in [2.05, 4.69) is 6.58 Å². The average Bonchev–Trinajstić information content (AvgIpc) is 2.04. The van der Waals surface area contributed by atoms with Crippen LogP contribution in [-0.2, 0) is 9.47 Å². The third kappa shape index (κ3) is 7.28. The number of ether oxygens (including phenoxy) is 2. The molecule has 0 spiro atoms. The number of hydrogen-bond donors (Lipinski definition) is 0. The zero-order valence-electron chi connectivity index (χ0n) is 8.05. The van der Waals surface area contributed by atoms with Gasteiger partial charge in [-0.2, -0.15) is 0 Å². The van der Waals surface area contributed by atoms with E-state index in [0.29, 0.717) is 19.0 Å². The van der Waals surface area contributed by atoms with Gasteiger partial charge in [0.05, 0.1) is 6.61 Å². The lowest BCUT2D eigenvalue weighted by molar-refractivity contribution is 0.114. The summed E-state index contributed by atoms with van der Waals surface area (Å²) in [5.74, 6) is 0.151. The monoisotopic (exact) mass is 186 g/mol. The van der Waals surface area contributed by atoms with E-state index in [0.717, 1.165) is 0 Å². The average molecular weight is 186 g/mol. The maximum Gasteiger partial charge on any atom is 0.121 e. The molecule has 0 aromatic rings. The van der Waals surface area contributed by atoms with Crippen LogP contribution in [0, 0.1) is 0 Å². The molecular weight excluding hydrogens is 171 g/mol. The lowest BCUT2D eigenvalue weighted by atomic mass is 10.4. The Hall–Kier alpha value is -1.09. The SMILES string of the molecule is C=C/C=C(/C=C(\C)F)OCCOC. The minimum Gasteiger partial charge on any atom is -0.491 e. The molecule has 0 rings (SSSR count). The van der Waals surface area contributed by atoms with Gasteiger partial charge in [0.1, 0.15) is 18.2 Å². The van der Waals surface area contributed by atoms with Crippen LogP contribution in [0.4, 0.5) is 4.39 Å². The first kappa shape index (κ1) is 11.9. The zero-order chi connectivity index (χ0) is 10.1. The molecule has 0 bridgehead atoms. The molecule has 13 heavy (non-hydrogen) atoms. The molecule has 0 aliphatic heterocycles. The van der Waals surface area contributed by atoms with E-state index in [1.54, 1.807) is 19.3 Å². The van der Waals surface area contributed by atoms with Gasteiger partial charge in [0.25, 0.3) is 0 Å². The molecule has 0 unspecified atom stereocenters. The van der Waals surface area contributed by atoms with Crippen LogP contribution in [0.5, 0.6) is 0 Å². The van der Waals surface area contributed by atoms with Gasteiger partial charge in [0, 0.05) is 13.2 Å². The molecule has 0 amide bonds. The van der Waals surface area contributed by atoms with E-state index in [-0.39, 0.29) is 5.83 Å². The maximum absolute atomic E-state index is 12.5. The summed E-state index contributed by atoms with van der Waals surface area (Å²) in [6.07, 6.45) is 4.44. The summed E-state index contributed by atoms with van der Waals surface area (Å²) >= 11 is 0. The number of rotatable bonds is 6. The molecule has 2 nitrogen and oxygen atoms in total. The summed E-state index contributed by atoms with van der Waals surface area (Å²) < 4.78 is 22.4. The molecule has 0 saturated heterocycles. The molecule has 0 N–H and O–H groups in total. The van der Waals surface area contributed by atoms with Gasteiger partial charge >= 0.3 is 0 Å². The molecule has 0 saturated carbocycles. The highest BCUT2D eigenvalue weighted by atomic mass is 19.1. The molecule has 0 radical (unpaired) electrons. The third-order valence-corrected chi connectivity index (χ3v) is 1.18.